The van der Waals surface area contributed by atoms with Crippen molar-refractivity contribution < 1.29 is 9.50 Å². The van der Waals surface area contributed by atoms with Crippen LogP contribution in [-0.4, -0.2) is 40.3 Å². The lowest BCUT2D eigenvalue weighted by Crippen LogP contribution is -2.46. The first kappa shape index (κ1) is 26.6. The van der Waals surface area contributed by atoms with Gasteiger partial charge in [0.05, 0.1) is 17.8 Å². The van der Waals surface area contributed by atoms with Crippen molar-refractivity contribution in [3.8, 4) is 12.1 Å². The molecule has 9 heteroatoms. The van der Waals surface area contributed by atoms with Gasteiger partial charge < -0.3 is 19.5 Å². The fourth-order valence-electron chi connectivity index (χ4n) is 6.20. The second-order valence-corrected chi connectivity index (χ2v) is 10.8. The van der Waals surface area contributed by atoms with Gasteiger partial charge in [-0.05, 0) is 74.8 Å². The van der Waals surface area contributed by atoms with Crippen molar-refractivity contribution in [2.24, 2.45) is 13.0 Å². The molecule has 0 bridgehead atoms. The number of aryl methyl sites for hydroxylation is 1. The summed E-state index contributed by atoms with van der Waals surface area (Å²) in [5, 5.41) is 29.4. The molecule has 2 heterocycles. The predicted molar refractivity (Wildman–Crippen MR) is 148 cm³/mol. The van der Waals surface area contributed by atoms with Crippen LogP contribution >= 0.6 is 0 Å². The quantitative estimate of drug-likeness (QED) is 0.485. The topological polar surface area (TPSA) is 109 Å². The number of aliphatic hydroxyl groups is 1. The molecule has 2 fully saturated rings. The molecule has 2 aromatic heterocycles. The van der Waals surface area contributed by atoms with Gasteiger partial charge in [0.25, 0.3) is 5.56 Å². The van der Waals surface area contributed by atoms with Crippen molar-refractivity contribution in [2.75, 3.05) is 23.4 Å². The Morgan fingerprint density at radius 2 is 1.79 bits per heavy atom. The largest absolute Gasteiger partial charge is 0.392 e. The van der Waals surface area contributed by atoms with Crippen molar-refractivity contribution in [2.45, 2.75) is 63.6 Å². The Labute approximate surface area is 227 Å². The van der Waals surface area contributed by atoms with Gasteiger partial charge in [-0.25, -0.2) is 9.37 Å². The minimum atomic E-state index is -0.383. The number of hydrogen-bond donors (Lipinski definition) is 1. The average molecular weight is 529 g/mol. The summed E-state index contributed by atoms with van der Waals surface area (Å²) in [6, 6.07) is 12.4. The molecule has 2 aliphatic rings. The molecule has 0 aliphatic heterocycles. The molecule has 0 spiro atoms. The number of anilines is 2. The lowest BCUT2D eigenvalue weighted by molar-refractivity contribution is 0.275. The summed E-state index contributed by atoms with van der Waals surface area (Å²) in [5.74, 6) is 0.256. The number of nitrogens with zero attached hydrogens (tertiary/aromatic N) is 6. The average Bonchev–Trinajstić information content (AvgIpc) is 2.94. The number of rotatable bonds is 7. The standard InChI is InChI=1S/C30H33FN6O2/c1-35(29-25(16-33)30(39)36(2)27-13-7-22(15-32)34-28(27)29)23-8-10-24(11-9-23)37(17-19-4-3-5-19)26-12-6-21(31)14-20(26)18-38/h6-7,12-14,19,23-24,38H,3-5,8-11,17-18H2,1-2H3/t23-,24-. The second kappa shape index (κ2) is 11.0. The number of halogens is 1. The normalized spacial score (nSPS) is 19.2. The minimum absolute atomic E-state index is 0.0303. The zero-order valence-corrected chi connectivity index (χ0v) is 22.4. The van der Waals surface area contributed by atoms with Crippen molar-refractivity contribution in [1.29, 1.82) is 10.5 Å². The Balaban J connectivity index is 1.44. The van der Waals surface area contributed by atoms with E-state index in [0.717, 1.165) is 37.9 Å². The highest BCUT2D eigenvalue weighted by atomic mass is 19.1. The van der Waals surface area contributed by atoms with Gasteiger partial charge >= 0.3 is 0 Å². The Morgan fingerprint density at radius 3 is 2.41 bits per heavy atom. The number of fused-ring (bicyclic) bond motifs is 1. The smallest absolute Gasteiger partial charge is 0.270 e. The van der Waals surface area contributed by atoms with Crippen molar-refractivity contribution in [3.05, 3.63) is 63.3 Å². The van der Waals surface area contributed by atoms with Gasteiger partial charge in [-0.3, -0.25) is 4.79 Å². The van der Waals surface area contributed by atoms with E-state index in [9.17, 15) is 24.8 Å². The maximum Gasteiger partial charge on any atom is 0.270 e. The molecule has 2 aliphatic carbocycles. The Kier molecular flexibility index (Phi) is 7.54. The van der Waals surface area contributed by atoms with Gasteiger partial charge in [0, 0.05) is 44.0 Å². The first-order chi connectivity index (χ1) is 18.9. The molecule has 39 heavy (non-hydrogen) atoms. The molecule has 2 saturated carbocycles. The molecule has 0 atom stereocenters. The van der Waals surface area contributed by atoms with Crippen LogP contribution in [0.4, 0.5) is 15.8 Å². The van der Waals surface area contributed by atoms with Gasteiger partial charge in [-0.2, -0.15) is 10.5 Å². The molecule has 0 unspecified atom stereocenters. The van der Waals surface area contributed by atoms with E-state index in [1.807, 2.05) is 11.9 Å². The third-order valence-corrected chi connectivity index (χ3v) is 8.65. The Hall–Kier alpha value is -3.95. The Bertz CT molecular complexity index is 1530. The maximum absolute atomic E-state index is 14.0. The monoisotopic (exact) mass is 528 g/mol. The van der Waals surface area contributed by atoms with Crippen LogP contribution in [0.3, 0.4) is 0 Å². The number of hydrogen-bond acceptors (Lipinski definition) is 7. The second-order valence-electron chi connectivity index (χ2n) is 10.8. The van der Waals surface area contributed by atoms with Crippen LogP contribution in [0.5, 0.6) is 0 Å². The molecule has 3 aromatic rings. The number of pyridine rings is 2. The van der Waals surface area contributed by atoms with Crippen LogP contribution in [-0.2, 0) is 13.7 Å². The first-order valence-corrected chi connectivity index (χ1v) is 13.6. The van der Waals surface area contributed by atoms with E-state index in [-0.39, 0.29) is 41.3 Å². The van der Waals surface area contributed by atoms with E-state index >= 15 is 0 Å². The van der Waals surface area contributed by atoms with Crippen LogP contribution in [0, 0.1) is 34.4 Å². The summed E-state index contributed by atoms with van der Waals surface area (Å²) in [4.78, 5) is 21.9. The first-order valence-electron chi connectivity index (χ1n) is 13.6. The SMILES string of the molecule is Cn1c(=O)c(C#N)c(N(C)[C@H]2CC[C@H](N(CC3CCC3)c3ccc(F)cc3CO)CC2)c2nc(C#N)ccc21. The number of nitriles is 2. The maximum atomic E-state index is 14.0. The molecule has 1 N–H and O–H groups in total. The molecule has 8 nitrogen and oxygen atoms in total. The molecule has 202 valence electrons. The molecular formula is C30H33FN6O2. The molecular weight excluding hydrogens is 495 g/mol. The summed E-state index contributed by atoms with van der Waals surface area (Å²) < 4.78 is 15.4. The van der Waals surface area contributed by atoms with E-state index in [1.165, 1.54) is 36.0 Å². The van der Waals surface area contributed by atoms with Gasteiger partial charge in [0.15, 0.2) is 0 Å². The molecule has 1 aromatic carbocycles. The van der Waals surface area contributed by atoms with Crippen molar-refractivity contribution in [3.63, 3.8) is 0 Å². The van der Waals surface area contributed by atoms with E-state index in [2.05, 4.69) is 22.0 Å². The predicted octanol–water partition coefficient (Wildman–Crippen LogP) is 4.36. The van der Waals surface area contributed by atoms with Crippen LogP contribution in [0.2, 0.25) is 0 Å². The van der Waals surface area contributed by atoms with Crippen LogP contribution in [0.1, 0.15) is 61.8 Å². The highest BCUT2D eigenvalue weighted by molar-refractivity contribution is 5.92. The number of aliphatic hydroxyl groups excluding tert-OH is 1. The fraction of sp³-hybridized carbons (Fsp3) is 0.467. The van der Waals surface area contributed by atoms with Gasteiger partial charge in [0.1, 0.15) is 34.7 Å². The van der Waals surface area contributed by atoms with Gasteiger partial charge in [-0.1, -0.05) is 6.42 Å². The van der Waals surface area contributed by atoms with Crippen LogP contribution < -0.4 is 15.4 Å². The molecule has 0 radical (unpaired) electrons. The van der Waals surface area contributed by atoms with Crippen LogP contribution in [0.25, 0.3) is 11.0 Å². The lowest BCUT2D eigenvalue weighted by Gasteiger charge is -2.44. The highest BCUT2D eigenvalue weighted by Crippen LogP contribution is 2.37. The van der Waals surface area contributed by atoms with Crippen molar-refractivity contribution in [1.82, 2.24) is 9.55 Å². The summed E-state index contributed by atoms with van der Waals surface area (Å²) in [5.41, 5.74) is 2.92. The summed E-state index contributed by atoms with van der Waals surface area (Å²) >= 11 is 0. The Morgan fingerprint density at radius 1 is 1.08 bits per heavy atom. The molecule has 0 amide bonds. The van der Waals surface area contributed by atoms with E-state index in [4.69, 9.17) is 0 Å². The minimum Gasteiger partial charge on any atom is -0.392 e. The third kappa shape index (κ3) is 4.95. The summed E-state index contributed by atoms with van der Waals surface area (Å²) in [7, 11) is 3.51. The van der Waals surface area contributed by atoms with E-state index < -0.39 is 0 Å². The zero-order valence-electron chi connectivity index (χ0n) is 22.4. The third-order valence-electron chi connectivity index (χ3n) is 8.65. The fourth-order valence-corrected chi connectivity index (χ4v) is 6.20. The van der Waals surface area contributed by atoms with E-state index in [0.29, 0.717) is 28.2 Å². The number of benzene rings is 1. The van der Waals surface area contributed by atoms with Crippen molar-refractivity contribution >= 4 is 22.4 Å². The van der Waals surface area contributed by atoms with Gasteiger partial charge in [-0.15, -0.1) is 0 Å². The molecule has 0 saturated heterocycles. The summed E-state index contributed by atoms with van der Waals surface area (Å²) in [6.07, 6.45) is 7.04. The van der Waals surface area contributed by atoms with E-state index in [1.54, 1.807) is 25.2 Å². The zero-order chi connectivity index (χ0) is 27.7. The number of aromatic nitrogens is 2. The van der Waals surface area contributed by atoms with Gasteiger partial charge in [0.2, 0.25) is 0 Å². The lowest BCUT2D eigenvalue weighted by atomic mass is 9.83. The highest BCUT2D eigenvalue weighted by Gasteiger charge is 2.33. The molecule has 5 rings (SSSR count). The summed E-state index contributed by atoms with van der Waals surface area (Å²) in [6.45, 7) is 0.680. The van der Waals surface area contributed by atoms with Crippen LogP contribution in [0.15, 0.2) is 35.1 Å².